The van der Waals surface area contributed by atoms with Gasteiger partial charge in [-0.05, 0) is 6.92 Å². The van der Waals surface area contributed by atoms with Crippen LogP contribution in [0.25, 0.3) is 0 Å². The molecular formula is C8H16ClF2NO. The Bertz CT molecular complexity index is 127. The van der Waals surface area contributed by atoms with E-state index in [-0.39, 0.29) is 12.6 Å². The molecule has 0 aromatic rings. The third kappa shape index (κ3) is 7.16. The van der Waals surface area contributed by atoms with Gasteiger partial charge in [-0.15, -0.1) is 11.6 Å². The van der Waals surface area contributed by atoms with Gasteiger partial charge in [0.2, 0.25) is 0 Å². The van der Waals surface area contributed by atoms with Crippen molar-refractivity contribution in [1.82, 2.24) is 4.90 Å². The zero-order chi connectivity index (χ0) is 10.3. The van der Waals surface area contributed by atoms with E-state index in [1.165, 1.54) is 0 Å². The summed E-state index contributed by atoms with van der Waals surface area (Å²) < 4.78 is 29.1. The van der Waals surface area contributed by atoms with Gasteiger partial charge in [-0.2, -0.15) is 0 Å². The number of rotatable bonds is 7. The molecule has 0 spiro atoms. The lowest BCUT2D eigenvalue weighted by Gasteiger charge is -2.23. The van der Waals surface area contributed by atoms with Crippen LogP contribution >= 0.6 is 11.6 Å². The van der Waals surface area contributed by atoms with Gasteiger partial charge in [0, 0.05) is 26.1 Å². The molecule has 0 saturated heterocycles. The van der Waals surface area contributed by atoms with E-state index in [0.29, 0.717) is 19.0 Å². The Balaban J connectivity index is 3.78. The molecule has 0 aliphatic carbocycles. The number of alkyl halides is 3. The monoisotopic (exact) mass is 215 g/mol. The first-order valence-corrected chi connectivity index (χ1v) is 4.72. The van der Waals surface area contributed by atoms with Crippen LogP contribution in [0.15, 0.2) is 0 Å². The normalized spacial score (nSPS) is 14.1. The van der Waals surface area contributed by atoms with Gasteiger partial charge in [0.25, 0.3) is 6.43 Å². The molecular weight excluding hydrogens is 200 g/mol. The molecule has 1 unspecified atom stereocenters. The van der Waals surface area contributed by atoms with Gasteiger partial charge in [-0.1, -0.05) is 0 Å². The Kier molecular flexibility index (Phi) is 7.51. The molecule has 0 amide bonds. The van der Waals surface area contributed by atoms with Gasteiger partial charge in [-0.25, -0.2) is 8.78 Å². The molecule has 2 nitrogen and oxygen atoms in total. The smallest absolute Gasteiger partial charge is 0.251 e. The average Bonchev–Trinajstić information content (AvgIpc) is 2.03. The molecule has 1 atom stereocenters. The van der Waals surface area contributed by atoms with E-state index < -0.39 is 6.43 Å². The summed E-state index contributed by atoms with van der Waals surface area (Å²) in [5.74, 6) is 0.364. The maximum Gasteiger partial charge on any atom is 0.251 e. The quantitative estimate of drug-likeness (QED) is 0.601. The molecule has 0 radical (unpaired) electrons. The van der Waals surface area contributed by atoms with E-state index in [9.17, 15) is 8.78 Å². The second kappa shape index (κ2) is 7.47. The minimum atomic E-state index is -2.31. The van der Waals surface area contributed by atoms with Crippen molar-refractivity contribution in [3.8, 4) is 0 Å². The van der Waals surface area contributed by atoms with E-state index in [0.717, 1.165) is 0 Å². The zero-order valence-corrected chi connectivity index (χ0v) is 8.73. The lowest BCUT2D eigenvalue weighted by Crippen LogP contribution is -2.36. The third-order valence-corrected chi connectivity index (χ3v) is 1.88. The minimum absolute atomic E-state index is 0.0398. The fourth-order valence-corrected chi connectivity index (χ4v) is 1.25. The predicted molar refractivity (Wildman–Crippen MR) is 49.6 cm³/mol. The van der Waals surface area contributed by atoms with Crippen molar-refractivity contribution < 1.29 is 13.5 Å². The first-order chi connectivity index (χ1) is 6.10. The van der Waals surface area contributed by atoms with Gasteiger partial charge in [-0.3, -0.25) is 4.90 Å². The van der Waals surface area contributed by atoms with Crippen LogP contribution in [0.1, 0.15) is 6.92 Å². The molecule has 0 saturated carbocycles. The summed E-state index contributed by atoms with van der Waals surface area (Å²) >= 11 is 5.48. The molecule has 0 N–H and O–H groups in total. The summed E-state index contributed by atoms with van der Waals surface area (Å²) in [6.07, 6.45) is -2.35. The van der Waals surface area contributed by atoms with Crippen LogP contribution in [-0.2, 0) is 4.74 Å². The van der Waals surface area contributed by atoms with Crippen molar-refractivity contribution in [3.05, 3.63) is 0 Å². The molecule has 0 fully saturated rings. The van der Waals surface area contributed by atoms with Crippen molar-refractivity contribution >= 4 is 11.6 Å². The number of ether oxygens (including phenoxy) is 1. The van der Waals surface area contributed by atoms with E-state index in [2.05, 4.69) is 0 Å². The molecule has 0 aromatic heterocycles. The van der Waals surface area contributed by atoms with Crippen LogP contribution in [0.3, 0.4) is 0 Å². The fourth-order valence-electron chi connectivity index (χ4n) is 1.01. The van der Waals surface area contributed by atoms with Crippen LogP contribution in [0.5, 0.6) is 0 Å². The number of hydrogen-bond donors (Lipinski definition) is 0. The van der Waals surface area contributed by atoms with Crippen molar-refractivity contribution in [3.63, 3.8) is 0 Å². The maximum absolute atomic E-state index is 12.0. The Morgan fingerprint density at radius 3 is 2.38 bits per heavy atom. The van der Waals surface area contributed by atoms with E-state index in [1.54, 1.807) is 12.0 Å². The second-order valence-corrected chi connectivity index (χ2v) is 3.26. The maximum atomic E-state index is 12.0. The number of methoxy groups -OCH3 is 1. The van der Waals surface area contributed by atoms with Crippen molar-refractivity contribution in [2.45, 2.75) is 19.5 Å². The van der Waals surface area contributed by atoms with Gasteiger partial charge in [0.1, 0.15) is 0 Å². The summed E-state index contributed by atoms with van der Waals surface area (Å²) in [4.78, 5) is 1.60. The van der Waals surface area contributed by atoms with Crippen molar-refractivity contribution in [1.29, 1.82) is 0 Å². The Labute approximate surface area is 82.8 Å². The third-order valence-electron chi connectivity index (χ3n) is 1.71. The van der Waals surface area contributed by atoms with Crippen LogP contribution < -0.4 is 0 Å². The molecule has 13 heavy (non-hydrogen) atoms. The first kappa shape index (κ1) is 13.1. The Morgan fingerprint density at radius 2 is 2.00 bits per heavy atom. The highest BCUT2D eigenvalue weighted by molar-refractivity contribution is 6.18. The van der Waals surface area contributed by atoms with E-state index in [1.807, 2.05) is 6.92 Å². The summed E-state index contributed by atoms with van der Waals surface area (Å²) in [6.45, 7) is 2.57. The molecule has 0 aliphatic heterocycles. The highest BCUT2D eigenvalue weighted by atomic mass is 35.5. The van der Waals surface area contributed by atoms with Gasteiger partial charge < -0.3 is 4.74 Å². The molecule has 5 heteroatoms. The fraction of sp³-hybridized carbons (Fsp3) is 1.00. The summed E-state index contributed by atoms with van der Waals surface area (Å²) in [5, 5.41) is 0. The number of hydrogen-bond acceptors (Lipinski definition) is 2. The lowest BCUT2D eigenvalue weighted by atomic mass is 10.3. The van der Waals surface area contributed by atoms with Crippen LogP contribution in [-0.4, -0.2) is 50.1 Å². The van der Waals surface area contributed by atoms with Crippen molar-refractivity contribution in [2.75, 3.05) is 32.6 Å². The SMILES string of the molecule is COC(C)CN(CCCl)CC(F)F. The van der Waals surface area contributed by atoms with E-state index >= 15 is 0 Å². The largest absolute Gasteiger partial charge is 0.380 e. The average molecular weight is 216 g/mol. The molecule has 0 aliphatic rings. The van der Waals surface area contributed by atoms with Crippen LogP contribution in [0, 0.1) is 0 Å². The molecule has 0 rings (SSSR count). The Morgan fingerprint density at radius 1 is 1.38 bits per heavy atom. The lowest BCUT2D eigenvalue weighted by molar-refractivity contribution is 0.0440. The summed E-state index contributed by atoms with van der Waals surface area (Å²) in [6, 6.07) is 0. The Hall–Kier alpha value is 0.0700. The zero-order valence-electron chi connectivity index (χ0n) is 7.97. The minimum Gasteiger partial charge on any atom is -0.380 e. The number of halogens is 3. The van der Waals surface area contributed by atoms with Crippen molar-refractivity contribution in [2.24, 2.45) is 0 Å². The van der Waals surface area contributed by atoms with Gasteiger partial charge in [0.05, 0.1) is 12.6 Å². The molecule has 0 bridgehead atoms. The predicted octanol–water partition coefficient (Wildman–Crippen LogP) is 1.83. The topological polar surface area (TPSA) is 12.5 Å². The van der Waals surface area contributed by atoms with Crippen LogP contribution in [0.2, 0.25) is 0 Å². The van der Waals surface area contributed by atoms with Gasteiger partial charge in [0.15, 0.2) is 0 Å². The summed E-state index contributed by atoms with van der Waals surface area (Å²) in [5.41, 5.74) is 0. The van der Waals surface area contributed by atoms with E-state index in [4.69, 9.17) is 16.3 Å². The van der Waals surface area contributed by atoms with Gasteiger partial charge >= 0.3 is 0 Å². The first-order valence-electron chi connectivity index (χ1n) is 4.19. The number of nitrogens with zero attached hydrogens (tertiary/aromatic N) is 1. The highest BCUT2D eigenvalue weighted by Gasteiger charge is 2.13. The highest BCUT2D eigenvalue weighted by Crippen LogP contribution is 2.01. The standard InChI is InChI=1S/C8H16ClF2NO/c1-7(13-2)5-12(4-3-9)6-8(10)11/h7-8H,3-6H2,1-2H3. The van der Waals surface area contributed by atoms with Crippen LogP contribution in [0.4, 0.5) is 8.78 Å². The second-order valence-electron chi connectivity index (χ2n) is 2.89. The molecule has 0 heterocycles. The molecule has 80 valence electrons. The molecule has 0 aromatic carbocycles. The summed E-state index contributed by atoms with van der Waals surface area (Å²) in [7, 11) is 1.56.